The number of hydrogen-bond donors (Lipinski definition) is 2. The fraction of sp³-hybridized carbons (Fsp3) is 0.290. The van der Waals surface area contributed by atoms with Crippen molar-refractivity contribution in [3.63, 3.8) is 0 Å². The van der Waals surface area contributed by atoms with Gasteiger partial charge in [0, 0.05) is 18.0 Å². The van der Waals surface area contributed by atoms with E-state index in [-0.39, 0.29) is 36.4 Å². The minimum Gasteiger partial charge on any atom is -0.392 e. The van der Waals surface area contributed by atoms with Gasteiger partial charge in [0.05, 0.1) is 31.7 Å². The van der Waals surface area contributed by atoms with Crippen molar-refractivity contribution in [1.29, 1.82) is 0 Å². The number of carbonyl (C=O) groups is 1. The molecule has 7 nitrogen and oxygen atoms in total. The molecule has 0 bridgehead atoms. The number of aliphatic hydroxyl groups is 1. The van der Waals surface area contributed by atoms with Crippen LogP contribution in [-0.2, 0) is 34.0 Å². The van der Waals surface area contributed by atoms with Crippen LogP contribution in [0.1, 0.15) is 41.6 Å². The Labute approximate surface area is 274 Å². The number of rotatable bonds is 8. The van der Waals surface area contributed by atoms with Crippen LogP contribution in [0, 0.1) is 5.92 Å². The molecule has 0 aliphatic carbocycles. The Bertz CT molecular complexity index is 1560. The number of alkyl halides is 3. The van der Waals surface area contributed by atoms with Crippen LogP contribution in [-0.4, -0.2) is 30.5 Å². The summed E-state index contributed by atoms with van der Waals surface area (Å²) in [5.41, 5.74) is 5.43. The Morgan fingerprint density at radius 2 is 1.65 bits per heavy atom. The van der Waals surface area contributed by atoms with Gasteiger partial charge in [0.25, 0.3) is 9.70 Å². The van der Waals surface area contributed by atoms with Crippen LogP contribution < -0.4 is 5.32 Å². The summed E-state index contributed by atoms with van der Waals surface area (Å²) in [6.45, 7) is 2.69. The Balaban J connectivity index is 1.37. The van der Waals surface area contributed by atoms with Crippen LogP contribution in [0.5, 0.6) is 0 Å². The number of nitrogens with zero attached hydrogens (tertiary/aromatic N) is 2. The van der Waals surface area contributed by atoms with E-state index in [4.69, 9.17) is 67.5 Å². The molecule has 4 unspecified atom stereocenters. The van der Waals surface area contributed by atoms with Gasteiger partial charge in [0.1, 0.15) is 5.15 Å². The smallest absolute Gasteiger partial charge is 0.272 e. The molecule has 0 radical (unpaired) electrons. The van der Waals surface area contributed by atoms with Gasteiger partial charge in [-0.25, -0.2) is 4.98 Å². The number of imidazole rings is 1. The maximum absolute atomic E-state index is 11.9. The normalized spacial score (nSPS) is 20.6. The molecule has 2 heterocycles. The summed E-state index contributed by atoms with van der Waals surface area (Å²) in [7, 11) is 0. The third kappa shape index (κ3) is 7.67. The van der Waals surface area contributed by atoms with Gasteiger partial charge in [-0.05, 0) is 33.9 Å². The van der Waals surface area contributed by atoms with Crippen LogP contribution in [0.4, 0.5) is 0 Å². The fourth-order valence-electron chi connectivity index (χ4n) is 4.97. The van der Waals surface area contributed by atoms with E-state index in [1.807, 2.05) is 72.8 Å². The Kier molecular flexibility index (Phi) is 10.3. The molecule has 1 fully saturated rings. The second kappa shape index (κ2) is 13.8. The third-order valence-corrected chi connectivity index (χ3v) is 8.67. The zero-order chi connectivity index (χ0) is 30.7. The Morgan fingerprint density at radius 3 is 2.28 bits per heavy atom. The Morgan fingerprint density at radius 1 is 0.953 bits per heavy atom. The van der Waals surface area contributed by atoms with E-state index in [2.05, 4.69) is 17.2 Å². The van der Waals surface area contributed by atoms with E-state index in [1.165, 1.54) is 0 Å². The lowest BCUT2D eigenvalue weighted by molar-refractivity contribution is -0.276. The molecule has 0 saturated carbocycles. The van der Waals surface area contributed by atoms with Crippen LogP contribution in [0.15, 0.2) is 79.1 Å². The molecule has 12 heteroatoms. The van der Waals surface area contributed by atoms with Crippen molar-refractivity contribution in [1.82, 2.24) is 14.9 Å². The molecule has 226 valence electrons. The number of halogens is 5. The molecule has 0 spiro atoms. The number of ether oxygens (including phenoxy) is 2. The molecular weight excluding hydrogens is 656 g/mol. The first-order valence-electron chi connectivity index (χ1n) is 13.4. The van der Waals surface area contributed by atoms with Crippen molar-refractivity contribution in [2.24, 2.45) is 5.92 Å². The molecule has 2 N–H and O–H groups in total. The molecule has 1 saturated heterocycles. The highest BCUT2D eigenvalue weighted by atomic mass is 35.6. The van der Waals surface area contributed by atoms with Crippen molar-refractivity contribution < 1.29 is 19.4 Å². The predicted molar refractivity (Wildman–Crippen MR) is 169 cm³/mol. The summed E-state index contributed by atoms with van der Waals surface area (Å²) in [4.78, 5) is 16.0. The standard InChI is InChI=1S/C31H28Cl5N3O4/c1-18-25(15-39-17-38-27(32)28(39)33)42-29(43-26(18)22-7-5-19(16-40)6-8-22)23-11-9-21(10-12-23)24-4-2-3-20(13-24)14-37-30(41)31(34,35)36/h2-13,17-18,25-26,29,40H,14-16H2,1H3,(H,37,41). The predicted octanol–water partition coefficient (Wildman–Crippen LogP) is 7.83. The number of aliphatic hydroxyl groups excluding tert-OH is 1. The zero-order valence-corrected chi connectivity index (χ0v) is 26.7. The lowest BCUT2D eigenvalue weighted by Gasteiger charge is -2.41. The highest BCUT2D eigenvalue weighted by molar-refractivity contribution is 6.76. The topological polar surface area (TPSA) is 85.6 Å². The molecule has 4 atom stereocenters. The van der Waals surface area contributed by atoms with E-state index < -0.39 is 16.0 Å². The average Bonchev–Trinajstić information content (AvgIpc) is 3.33. The van der Waals surface area contributed by atoms with Gasteiger partial charge in [0.15, 0.2) is 11.4 Å². The highest BCUT2D eigenvalue weighted by Crippen LogP contribution is 2.42. The number of carbonyl (C=O) groups excluding carboxylic acids is 1. The van der Waals surface area contributed by atoms with Gasteiger partial charge in [-0.15, -0.1) is 0 Å². The summed E-state index contributed by atoms with van der Waals surface area (Å²) in [6.07, 6.45) is 0.387. The molecule has 4 aromatic rings. The Hall–Kier alpha value is -2.33. The van der Waals surface area contributed by atoms with Crippen molar-refractivity contribution >= 4 is 63.9 Å². The minimum absolute atomic E-state index is 0.0333. The molecule has 5 rings (SSSR count). The van der Waals surface area contributed by atoms with Gasteiger partial charge in [-0.2, -0.15) is 0 Å². The summed E-state index contributed by atoms with van der Waals surface area (Å²) in [6, 6.07) is 23.4. The first-order valence-corrected chi connectivity index (χ1v) is 15.3. The number of hydrogen-bond acceptors (Lipinski definition) is 5. The van der Waals surface area contributed by atoms with Gasteiger partial charge in [-0.3, -0.25) is 4.79 Å². The number of amides is 1. The van der Waals surface area contributed by atoms with Crippen molar-refractivity contribution in [3.8, 4) is 11.1 Å². The van der Waals surface area contributed by atoms with E-state index in [0.29, 0.717) is 11.7 Å². The first kappa shape index (κ1) is 32.1. The quantitative estimate of drug-likeness (QED) is 0.185. The average molecular weight is 684 g/mol. The maximum atomic E-state index is 11.9. The summed E-state index contributed by atoms with van der Waals surface area (Å²) in [5.74, 6) is -0.731. The first-order chi connectivity index (χ1) is 20.5. The van der Waals surface area contributed by atoms with Gasteiger partial charge in [0.2, 0.25) is 0 Å². The zero-order valence-electron chi connectivity index (χ0n) is 22.9. The fourth-order valence-corrected chi connectivity index (χ4v) is 5.48. The molecule has 3 aromatic carbocycles. The second-order valence-corrected chi connectivity index (χ2v) is 13.3. The monoisotopic (exact) mass is 681 g/mol. The second-order valence-electron chi connectivity index (χ2n) is 10.3. The van der Waals surface area contributed by atoms with Crippen LogP contribution >= 0.6 is 58.0 Å². The number of nitrogens with one attached hydrogen (secondary N) is 1. The third-order valence-electron chi connectivity index (χ3n) is 7.39. The van der Waals surface area contributed by atoms with E-state index in [9.17, 15) is 9.90 Å². The van der Waals surface area contributed by atoms with Crippen LogP contribution in [0.2, 0.25) is 10.3 Å². The molecule has 1 aliphatic rings. The lowest BCUT2D eigenvalue weighted by Crippen LogP contribution is -2.39. The summed E-state index contributed by atoms with van der Waals surface area (Å²) >= 11 is 29.4. The van der Waals surface area contributed by atoms with E-state index in [1.54, 1.807) is 10.9 Å². The molecule has 43 heavy (non-hydrogen) atoms. The van der Waals surface area contributed by atoms with Crippen LogP contribution in [0.3, 0.4) is 0 Å². The van der Waals surface area contributed by atoms with Gasteiger partial charge in [-0.1, -0.05) is 132 Å². The molecule has 1 amide bonds. The van der Waals surface area contributed by atoms with Crippen molar-refractivity contribution in [2.45, 2.75) is 48.9 Å². The van der Waals surface area contributed by atoms with Gasteiger partial charge >= 0.3 is 0 Å². The molecule has 1 aromatic heterocycles. The van der Waals surface area contributed by atoms with Crippen molar-refractivity contribution in [3.05, 3.63) is 112 Å². The number of aromatic nitrogens is 2. The lowest BCUT2D eigenvalue weighted by atomic mass is 9.90. The SMILES string of the molecule is CC1C(Cn2cnc(Cl)c2Cl)OC(c2ccc(-c3cccc(CNC(=O)C(Cl)(Cl)Cl)c3)cc2)OC1c1ccc(CO)cc1. The minimum atomic E-state index is -2.02. The van der Waals surface area contributed by atoms with Crippen molar-refractivity contribution in [2.75, 3.05) is 0 Å². The van der Waals surface area contributed by atoms with E-state index >= 15 is 0 Å². The molecule has 1 aliphatic heterocycles. The maximum Gasteiger partial charge on any atom is 0.272 e. The summed E-state index contributed by atoms with van der Waals surface area (Å²) < 4.78 is 12.8. The van der Waals surface area contributed by atoms with Gasteiger partial charge < -0.3 is 24.5 Å². The highest BCUT2D eigenvalue weighted by Gasteiger charge is 2.39. The molecular formula is C31H28Cl5N3O4. The van der Waals surface area contributed by atoms with Crippen LogP contribution in [0.25, 0.3) is 11.1 Å². The summed E-state index contributed by atoms with van der Waals surface area (Å²) in [5, 5.41) is 12.7. The van der Waals surface area contributed by atoms with E-state index in [0.717, 1.165) is 33.4 Å². The largest absolute Gasteiger partial charge is 0.392 e. The number of benzene rings is 3.